The highest BCUT2D eigenvalue weighted by atomic mass is 35.5. The Morgan fingerprint density at radius 1 is 1.28 bits per heavy atom. The highest BCUT2D eigenvalue weighted by Crippen LogP contribution is 2.42. The van der Waals surface area contributed by atoms with Gasteiger partial charge in [-0.05, 0) is 30.5 Å². The van der Waals surface area contributed by atoms with Crippen molar-refractivity contribution >= 4 is 23.5 Å². The van der Waals surface area contributed by atoms with Gasteiger partial charge in [0.05, 0.1) is 24.5 Å². The van der Waals surface area contributed by atoms with Crippen LogP contribution in [0.4, 0.5) is 0 Å². The van der Waals surface area contributed by atoms with Crippen LogP contribution in [0.5, 0.6) is 0 Å². The van der Waals surface area contributed by atoms with Gasteiger partial charge in [0.25, 0.3) is 0 Å². The molecule has 1 aliphatic heterocycles. The quantitative estimate of drug-likeness (QED) is 0.889. The number of nitrogens with zero attached hydrogens (tertiary/aromatic N) is 1. The zero-order chi connectivity index (χ0) is 17.9. The minimum absolute atomic E-state index is 0.0755. The third kappa shape index (κ3) is 3.98. The second-order valence-electron chi connectivity index (χ2n) is 6.99. The average molecular weight is 366 g/mol. The molecule has 1 heterocycles. The van der Waals surface area contributed by atoms with E-state index in [0.29, 0.717) is 24.7 Å². The van der Waals surface area contributed by atoms with Gasteiger partial charge in [-0.3, -0.25) is 9.59 Å². The van der Waals surface area contributed by atoms with E-state index in [1.54, 1.807) is 4.90 Å². The molecule has 3 rings (SSSR count). The van der Waals surface area contributed by atoms with Crippen molar-refractivity contribution in [3.05, 3.63) is 34.9 Å². The first-order chi connectivity index (χ1) is 12.0. The number of morpholine rings is 1. The fraction of sp³-hybridized carbons (Fsp3) is 0.579. The number of carbonyl (C=O) groups excluding carboxylic acids is 1. The highest BCUT2D eigenvalue weighted by molar-refractivity contribution is 6.30. The molecule has 0 radical (unpaired) electrons. The lowest BCUT2D eigenvalue weighted by molar-refractivity contribution is -0.151. The van der Waals surface area contributed by atoms with Gasteiger partial charge in [0.2, 0.25) is 5.91 Å². The van der Waals surface area contributed by atoms with Gasteiger partial charge in [-0.1, -0.05) is 43.0 Å². The summed E-state index contributed by atoms with van der Waals surface area (Å²) in [5.41, 5.74) is 0.430. The average Bonchev–Trinajstić information content (AvgIpc) is 2.61. The molecule has 1 aliphatic carbocycles. The summed E-state index contributed by atoms with van der Waals surface area (Å²) in [6.45, 7) is 1.24. The molecule has 0 bridgehead atoms. The van der Waals surface area contributed by atoms with E-state index in [9.17, 15) is 9.59 Å². The molecule has 1 aromatic rings. The van der Waals surface area contributed by atoms with E-state index in [0.717, 1.165) is 37.7 Å². The second kappa shape index (κ2) is 7.75. The number of amides is 1. The summed E-state index contributed by atoms with van der Waals surface area (Å²) in [4.78, 5) is 26.3. The summed E-state index contributed by atoms with van der Waals surface area (Å²) in [6.07, 6.45) is 4.28. The molecule has 0 spiro atoms. The van der Waals surface area contributed by atoms with Crippen molar-refractivity contribution in [3.8, 4) is 0 Å². The first kappa shape index (κ1) is 18.2. The summed E-state index contributed by atoms with van der Waals surface area (Å²) in [6, 6.07) is 7.61. The number of ether oxygens (including phenoxy) is 1. The molecule has 1 saturated carbocycles. The predicted molar refractivity (Wildman–Crippen MR) is 94.8 cm³/mol. The minimum atomic E-state index is -0.901. The van der Waals surface area contributed by atoms with Gasteiger partial charge < -0.3 is 14.7 Å². The molecule has 5 nitrogen and oxygen atoms in total. The number of halogens is 1. The number of rotatable bonds is 4. The Morgan fingerprint density at radius 3 is 2.72 bits per heavy atom. The molecule has 6 heteroatoms. The molecule has 1 N–H and O–H groups in total. The van der Waals surface area contributed by atoms with Gasteiger partial charge in [-0.15, -0.1) is 0 Å². The predicted octanol–water partition coefficient (Wildman–Crippen LogP) is 3.24. The van der Waals surface area contributed by atoms with E-state index in [1.165, 1.54) is 0 Å². The van der Waals surface area contributed by atoms with Gasteiger partial charge in [0.1, 0.15) is 0 Å². The summed E-state index contributed by atoms with van der Waals surface area (Å²) in [5, 5.41) is 9.64. The molecule has 2 aliphatic rings. The monoisotopic (exact) mass is 365 g/mol. The summed E-state index contributed by atoms with van der Waals surface area (Å²) in [5.74, 6) is -0.810. The van der Waals surface area contributed by atoms with E-state index < -0.39 is 17.5 Å². The van der Waals surface area contributed by atoms with Crippen molar-refractivity contribution < 1.29 is 19.4 Å². The highest BCUT2D eigenvalue weighted by Gasteiger charge is 2.44. The fourth-order valence-electron chi connectivity index (χ4n) is 4.09. The van der Waals surface area contributed by atoms with Crippen LogP contribution in [0.1, 0.15) is 44.1 Å². The van der Waals surface area contributed by atoms with Crippen LogP contribution in [0.3, 0.4) is 0 Å². The van der Waals surface area contributed by atoms with Gasteiger partial charge in [0.15, 0.2) is 0 Å². The molecule has 0 aromatic heterocycles. The van der Waals surface area contributed by atoms with Gasteiger partial charge in [-0.2, -0.15) is 0 Å². The number of carboxylic acids is 1. The SMILES string of the molecule is O=C(O)CC1CN(C(=O)C2(c3cccc(Cl)c3)CCCCC2)CCO1. The molecule has 1 unspecified atom stereocenters. The van der Waals surface area contributed by atoms with E-state index in [1.807, 2.05) is 24.3 Å². The van der Waals surface area contributed by atoms with Crippen LogP contribution in [0, 0.1) is 0 Å². The number of aliphatic carboxylic acids is 1. The molecular formula is C19H24ClNO4. The summed E-state index contributed by atoms with van der Waals surface area (Å²) >= 11 is 6.19. The van der Waals surface area contributed by atoms with Crippen molar-refractivity contribution in [1.82, 2.24) is 4.90 Å². The van der Waals surface area contributed by atoms with Crippen LogP contribution < -0.4 is 0 Å². The Balaban J connectivity index is 1.86. The molecular weight excluding hydrogens is 342 g/mol. The molecule has 25 heavy (non-hydrogen) atoms. The third-order valence-corrected chi connectivity index (χ3v) is 5.56. The zero-order valence-corrected chi connectivity index (χ0v) is 15.0. The van der Waals surface area contributed by atoms with Crippen molar-refractivity contribution in [2.45, 2.75) is 50.0 Å². The first-order valence-corrected chi connectivity index (χ1v) is 9.28. The molecule has 1 amide bonds. The number of hydrogen-bond donors (Lipinski definition) is 1. The molecule has 1 saturated heterocycles. The topological polar surface area (TPSA) is 66.8 Å². The van der Waals surface area contributed by atoms with Crippen molar-refractivity contribution in [1.29, 1.82) is 0 Å². The van der Waals surface area contributed by atoms with Crippen molar-refractivity contribution in [2.75, 3.05) is 19.7 Å². The standard InChI is InChI=1S/C19H24ClNO4/c20-15-6-4-5-14(11-15)19(7-2-1-3-8-19)18(24)21-9-10-25-16(13-21)12-17(22)23/h4-6,11,16H,1-3,7-10,12-13H2,(H,22,23). The lowest BCUT2D eigenvalue weighted by atomic mass is 9.68. The molecule has 1 atom stereocenters. The number of benzene rings is 1. The van der Waals surface area contributed by atoms with E-state index in [2.05, 4.69) is 0 Å². The van der Waals surface area contributed by atoms with Gasteiger partial charge in [-0.25, -0.2) is 0 Å². The Morgan fingerprint density at radius 2 is 2.04 bits per heavy atom. The van der Waals surface area contributed by atoms with Crippen molar-refractivity contribution in [3.63, 3.8) is 0 Å². The smallest absolute Gasteiger partial charge is 0.306 e. The second-order valence-corrected chi connectivity index (χ2v) is 7.43. The normalized spacial score (nSPS) is 23.2. The maximum atomic E-state index is 13.5. The largest absolute Gasteiger partial charge is 0.481 e. The lowest BCUT2D eigenvalue weighted by Crippen LogP contribution is -2.54. The number of hydrogen-bond acceptors (Lipinski definition) is 3. The molecule has 1 aromatic carbocycles. The summed E-state index contributed by atoms with van der Waals surface area (Å²) in [7, 11) is 0. The van der Waals surface area contributed by atoms with Crippen LogP contribution in [-0.2, 0) is 19.7 Å². The van der Waals surface area contributed by atoms with Crippen LogP contribution in [0.2, 0.25) is 5.02 Å². The van der Waals surface area contributed by atoms with Crippen LogP contribution in [0.15, 0.2) is 24.3 Å². The van der Waals surface area contributed by atoms with E-state index in [4.69, 9.17) is 21.4 Å². The maximum Gasteiger partial charge on any atom is 0.306 e. The van der Waals surface area contributed by atoms with E-state index in [-0.39, 0.29) is 12.3 Å². The number of carboxylic acid groups (broad SMARTS) is 1. The van der Waals surface area contributed by atoms with Gasteiger partial charge in [0, 0.05) is 18.1 Å². The lowest BCUT2D eigenvalue weighted by Gasteiger charge is -2.42. The Hall–Kier alpha value is -1.59. The summed E-state index contributed by atoms with van der Waals surface area (Å²) < 4.78 is 5.52. The van der Waals surface area contributed by atoms with Crippen LogP contribution in [0.25, 0.3) is 0 Å². The molecule has 136 valence electrons. The van der Waals surface area contributed by atoms with E-state index >= 15 is 0 Å². The Kier molecular flexibility index (Phi) is 5.64. The fourth-order valence-corrected chi connectivity index (χ4v) is 4.28. The Labute approximate surface area is 152 Å². The van der Waals surface area contributed by atoms with Crippen molar-refractivity contribution in [2.24, 2.45) is 0 Å². The van der Waals surface area contributed by atoms with Crippen LogP contribution in [-0.4, -0.2) is 47.7 Å². The van der Waals surface area contributed by atoms with Crippen LogP contribution >= 0.6 is 11.6 Å². The first-order valence-electron chi connectivity index (χ1n) is 8.90. The Bertz CT molecular complexity index is 642. The van der Waals surface area contributed by atoms with Gasteiger partial charge >= 0.3 is 5.97 Å². The number of carbonyl (C=O) groups is 2. The minimum Gasteiger partial charge on any atom is -0.481 e. The maximum absolute atomic E-state index is 13.5. The molecule has 2 fully saturated rings. The third-order valence-electron chi connectivity index (χ3n) is 5.32. The zero-order valence-electron chi connectivity index (χ0n) is 14.2.